The van der Waals surface area contributed by atoms with Crippen LogP contribution < -0.4 is 5.32 Å². The monoisotopic (exact) mass is 271 g/mol. The van der Waals surface area contributed by atoms with Crippen LogP contribution in [-0.2, 0) is 4.79 Å². The molecule has 2 unspecified atom stereocenters. The predicted octanol–water partition coefficient (Wildman–Crippen LogP) is 0.854. The van der Waals surface area contributed by atoms with Crippen LogP contribution in [0.5, 0.6) is 0 Å². The van der Waals surface area contributed by atoms with E-state index < -0.39 is 12.0 Å². The second kappa shape index (κ2) is 7.82. The number of hydrogen-bond acceptors (Lipinski definition) is 4. The summed E-state index contributed by atoms with van der Waals surface area (Å²) >= 11 is 0. The van der Waals surface area contributed by atoms with Crippen LogP contribution in [0.1, 0.15) is 34.1 Å². The third kappa shape index (κ3) is 5.47. The molecule has 112 valence electrons. The van der Waals surface area contributed by atoms with Crippen molar-refractivity contribution in [3.8, 4) is 0 Å². The summed E-state index contributed by atoms with van der Waals surface area (Å²) in [6, 6.07) is 0.344. The fourth-order valence-corrected chi connectivity index (χ4v) is 2.74. The molecule has 19 heavy (non-hydrogen) atoms. The number of carbonyl (C=O) groups is 1. The Morgan fingerprint density at radius 1 is 1.42 bits per heavy atom. The highest BCUT2D eigenvalue weighted by Crippen LogP contribution is 2.10. The van der Waals surface area contributed by atoms with Gasteiger partial charge in [-0.25, -0.2) is 0 Å². The number of rotatable bonds is 7. The van der Waals surface area contributed by atoms with Gasteiger partial charge in [0.05, 0.1) is 0 Å². The molecule has 1 saturated heterocycles. The van der Waals surface area contributed by atoms with Gasteiger partial charge in [-0.05, 0) is 19.9 Å². The fourth-order valence-electron chi connectivity index (χ4n) is 2.74. The maximum atomic E-state index is 11.2. The molecule has 1 heterocycles. The maximum Gasteiger partial charge on any atom is 0.320 e. The van der Waals surface area contributed by atoms with Crippen molar-refractivity contribution in [3.63, 3.8) is 0 Å². The van der Waals surface area contributed by atoms with Crippen molar-refractivity contribution in [2.75, 3.05) is 32.7 Å². The second-order valence-electron chi connectivity index (χ2n) is 5.78. The molecule has 1 fully saturated rings. The van der Waals surface area contributed by atoms with Crippen LogP contribution in [0.25, 0.3) is 0 Å². The van der Waals surface area contributed by atoms with E-state index in [0.717, 1.165) is 32.7 Å². The number of nitrogens with one attached hydrogen (secondary N) is 1. The van der Waals surface area contributed by atoms with E-state index >= 15 is 0 Å². The first-order valence-electron chi connectivity index (χ1n) is 7.39. The molecule has 0 amide bonds. The van der Waals surface area contributed by atoms with Gasteiger partial charge in [-0.1, -0.05) is 20.8 Å². The van der Waals surface area contributed by atoms with E-state index in [2.05, 4.69) is 29.0 Å². The van der Waals surface area contributed by atoms with Gasteiger partial charge in [0.15, 0.2) is 0 Å². The first-order chi connectivity index (χ1) is 8.93. The lowest BCUT2D eigenvalue weighted by atomic mass is 10.1. The molecular formula is C14H29N3O2. The highest BCUT2D eigenvalue weighted by atomic mass is 16.4. The number of aliphatic carboxylic acids is 1. The molecule has 0 radical (unpaired) electrons. The summed E-state index contributed by atoms with van der Waals surface area (Å²) in [5, 5.41) is 12.3. The summed E-state index contributed by atoms with van der Waals surface area (Å²) in [6.45, 7) is 13.5. The summed E-state index contributed by atoms with van der Waals surface area (Å²) in [6.07, 6.45) is 0.673. The molecule has 1 aliphatic heterocycles. The molecule has 2 atom stereocenters. The van der Waals surface area contributed by atoms with E-state index in [1.807, 2.05) is 13.8 Å². The number of carboxylic acids is 1. The third-order valence-corrected chi connectivity index (χ3v) is 3.82. The lowest BCUT2D eigenvalue weighted by Gasteiger charge is -2.39. The minimum absolute atomic E-state index is 0.206. The zero-order chi connectivity index (χ0) is 14.4. The minimum Gasteiger partial charge on any atom is -0.480 e. The average Bonchev–Trinajstić information content (AvgIpc) is 2.34. The van der Waals surface area contributed by atoms with Crippen molar-refractivity contribution < 1.29 is 9.90 Å². The van der Waals surface area contributed by atoms with Crippen molar-refractivity contribution in [1.82, 2.24) is 15.1 Å². The van der Waals surface area contributed by atoms with E-state index in [-0.39, 0.29) is 6.04 Å². The molecule has 0 aromatic heterocycles. The van der Waals surface area contributed by atoms with Gasteiger partial charge in [0.2, 0.25) is 0 Å². The molecule has 0 spiro atoms. The minimum atomic E-state index is -0.742. The smallest absolute Gasteiger partial charge is 0.320 e. The SMILES string of the molecule is CCN1CCN(CCC(NC(C)C)C(=O)O)CC1C. The van der Waals surface area contributed by atoms with Crippen LogP contribution in [0.15, 0.2) is 0 Å². The number of piperazine rings is 1. The first kappa shape index (κ1) is 16.4. The standard InChI is InChI=1S/C14H29N3O2/c1-5-17-9-8-16(10-12(17)4)7-6-13(14(18)19)15-11(2)3/h11-13,15H,5-10H2,1-4H3,(H,18,19). The average molecular weight is 271 g/mol. The van der Waals surface area contributed by atoms with Crippen molar-refractivity contribution in [3.05, 3.63) is 0 Å². The lowest BCUT2D eigenvalue weighted by Crippen LogP contribution is -2.52. The molecule has 2 N–H and O–H groups in total. The Hall–Kier alpha value is -0.650. The molecule has 1 aliphatic rings. The van der Waals surface area contributed by atoms with E-state index in [9.17, 15) is 9.90 Å². The molecular weight excluding hydrogens is 242 g/mol. The Bertz CT molecular complexity index is 284. The van der Waals surface area contributed by atoms with E-state index in [1.54, 1.807) is 0 Å². The van der Waals surface area contributed by atoms with Crippen molar-refractivity contribution >= 4 is 5.97 Å². The number of nitrogens with zero attached hydrogens (tertiary/aromatic N) is 2. The van der Waals surface area contributed by atoms with Gasteiger partial charge < -0.3 is 15.3 Å². The molecule has 0 aromatic carbocycles. The van der Waals surface area contributed by atoms with Gasteiger partial charge in [-0.2, -0.15) is 0 Å². The second-order valence-corrected chi connectivity index (χ2v) is 5.78. The summed E-state index contributed by atoms with van der Waals surface area (Å²) in [5.74, 6) is -0.742. The predicted molar refractivity (Wildman–Crippen MR) is 77.5 cm³/mol. The molecule has 0 saturated carbocycles. The van der Waals surface area contributed by atoms with Crippen LogP contribution in [-0.4, -0.2) is 71.7 Å². The first-order valence-corrected chi connectivity index (χ1v) is 7.39. The van der Waals surface area contributed by atoms with Crippen LogP contribution >= 0.6 is 0 Å². The normalized spacial score (nSPS) is 23.7. The summed E-state index contributed by atoms with van der Waals surface area (Å²) in [5.41, 5.74) is 0. The van der Waals surface area contributed by atoms with E-state index in [4.69, 9.17) is 0 Å². The van der Waals surface area contributed by atoms with Gasteiger partial charge in [0.1, 0.15) is 6.04 Å². The fraction of sp³-hybridized carbons (Fsp3) is 0.929. The van der Waals surface area contributed by atoms with Crippen molar-refractivity contribution in [1.29, 1.82) is 0 Å². The zero-order valence-electron chi connectivity index (χ0n) is 12.7. The highest BCUT2D eigenvalue weighted by molar-refractivity contribution is 5.73. The Balaban J connectivity index is 2.37. The Kier molecular flexibility index (Phi) is 6.75. The van der Waals surface area contributed by atoms with Gasteiger partial charge in [0, 0.05) is 38.3 Å². The van der Waals surface area contributed by atoms with E-state index in [0.29, 0.717) is 12.5 Å². The van der Waals surface area contributed by atoms with Gasteiger partial charge >= 0.3 is 5.97 Å². The molecule has 0 aromatic rings. The Morgan fingerprint density at radius 3 is 2.58 bits per heavy atom. The summed E-state index contributed by atoms with van der Waals surface area (Å²) < 4.78 is 0. The van der Waals surface area contributed by atoms with Crippen LogP contribution in [0.3, 0.4) is 0 Å². The maximum absolute atomic E-state index is 11.2. The Labute approximate surface area is 117 Å². The quantitative estimate of drug-likeness (QED) is 0.719. The Morgan fingerprint density at radius 2 is 2.11 bits per heavy atom. The largest absolute Gasteiger partial charge is 0.480 e. The third-order valence-electron chi connectivity index (χ3n) is 3.82. The zero-order valence-corrected chi connectivity index (χ0v) is 12.7. The number of hydrogen-bond donors (Lipinski definition) is 2. The molecule has 1 rings (SSSR count). The molecule has 5 nitrogen and oxygen atoms in total. The molecule has 0 bridgehead atoms. The summed E-state index contributed by atoms with van der Waals surface area (Å²) in [4.78, 5) is 16.0. The number of likely N-dealkylation sites (N-methyl/N-ethyl adjacent to an activating group) is 1. The van der Waals surface area contributed by atoms with Gasteiger partial charge in [-0.15, -0.1) is 0 Å². The van der Waals surface area contributed by atoms with Gasteiger partial charge in [-0.3, -0.25) is 9.69 Å². The van der Waals surface area contributed by atoms with Crippen LogP contribution in [0, 0.1) is 0 Å². The van der Waals surface area contributed by atoms with Crippen LogP contribution in [0.4, 0.5) is 0 Å². The summed E-state index contributed by atoms with van der Waals surface area (Å²) in [7, 11) is 0. The lowest BCUT2D eigenvalue weighted by molar-refractivity contribution is -0.140. The van der Waals surface area contributed by atoms with Crippen LogP contribution in [0.2, 0.25) is 0 Å². The van der Waals surface area contributed by atoms with E-state index in [1.165, 1.54) is 0 Å². The van der Waals surface area contributed by atoms with Gasteiger partial charge in [0.25, 0.3) is 0 Å². The molecule has 0 aliphatic carbocycles. The topological polar surface area (TPSA) is 55.8 Å². The van der Waals surface area contributed by atoms with Crippen molar-refractivity contribution in [2.45, 2.75) is 52.2 Å². The molecule has 5 heteroatoms. The highest BCUT2D eigenvalue weighted by Gasteiger charge is 2.24. The number of carboxylic acid groups (broad SMARTS) is 1. The van der Waals surface area contributed by atoms with Crippen molar-refractivity contribution in [2.24, 2.45) is 0 Å².